The maximum atomic E-state index is 5.21. The van der Waals surface area contributed by atoms with Gasteiger partial charge < -0.3 is 15.4 Å². The molecule has 7 heteroatoms. The topological polar surface area (TPSA) is 63.5 Å². The number of aliphatic imine (C=N–C) groups is 1. The Hall–Kier alpha value is -1.77. The number of nitrogens with zero attached hydrogens (tertiary/aromatic N) is 3. The molecule has 0 radical (unpaired) electrons. The summed E-state index contributed by atoms with van der Waals surface area (Å²) in [6.07, 6.45) is 3.71. The summed E-state index contributed by atoms with van der Waals surface area (Å²) in [5, 5.41) is 10.7. The first-order valence-electron chi connectivity index (χ1n) is 6.86. The Kier molecular flexibility index (Phi) is 8.34. The molecule has 1 aromatic heterocycles. The van der Waals surface area contributed by atoms with Crippen molar-refractivity contribution in [1.82, 2.24) is 20.4 Å². The van der Waals surface area contributed by atoms with E-state index in [4.69, 9.17) is 4.74 Å². The summed E-state index contributed by atoms with van der Waals surface area (Å²) in [6.45, 7) is 2.25. The first-order chi connectivity index (χ1) is 10.3. The van der Waals surface area contributed by atoms with Crippen LogP contribution in [0.15, 0.2) is 47.7 Å². The number of guanidine groups is 1. The third-order valence-electron chi connectivity index (χ3n) is 3.01. The highest BCUT2D eigenvalue weighted by atomic mass is 127. The second-order valence-electron chi connectivity index (χ2n) is 4.47. The molecule has 2 N–H and O–H groups in total. The van der Waals surface area contributed by atoms with Gasteiger partial charge in [-0.2, -0.15) is 5.10 Å². The number of methoxy groups -OCH3 is 1. The molecule has 0 aliphatic rings. The molecule has 6 nitrogen and oxygen atoms in total. The summed E-state index contributed by atoms with van der Waals surface area (Å²) in [5.41, 5.74) is 1.14. The molecule has 0 bridgehead atoms. The molecule has 2 rings (SSSR count). The van der Waals surface area contributed by atoms with Crippen molar-refractivity contribution in [2.24, 2.45) is 4.99 Å². The van der Waals surface area contributed by atoms with Crippen LogP contribution < -0.4 is 15.4 Å². The Morgan fingerprint density at radius 2 is 2.18 bits per heavy atom. The molecule has 0 amide bonds. The van der Waals surface area contributed by atoms with Gasteiger partial charge in [0.2, 0.25) is 0 Å². The average molecular weight is 415 g/mol. The van der Waals surface area contributed by atoms with Gasteiger partial charge >= 0.3 is 0 Å². The zero-order chi connectivity index (χ0) is 14.9. The highest BCUT2D eigenvalue weighted by molar-refractivity contribution is 14.0. The predicted octanol–water partition coefficient (Wildman–Crippen LogP) is 1.87. The molecular formula is C15H22IN5O. The number of rotatable bonds is 6. The summed E-state index contributed by atoms with van der Waals surface area (Å²) in [7, 11) is 3.43. The van der Waals surface area contributed by atoms with Crippen molar-refractivity contribution in [3.05, 3.63) is 48.3 Å². The van der Waals surface area contributed by atoms with Crippen LogP contribution in [-0.4, -0.2) is 36.4 Å². The molecule has 0 spiro atoms. The number of halogens is 1. The summed E-state index contributed by atoms with van der Waals surface area (Å²) in [6, 6.07) is 9.87. The van der Waals surface area contributed by atoms with E-state index >= 15 is 0 Å². The molecular weight excluding hydrogens is 393 g/mol. The lowest BCUT2D eigenvalue weighted by Gasteiger charge is -2.12. The van der Waals surface area contributed by atoms with Crippen molar-refractivity contribution in [2.75, 3.05) is 20.7 Å². The Morgan fingerprint density at radius 1 is 1.32 bits per heavy atom. The number of benzene rings is 1. The van der Waals surface area contributed by atoms with Crippen LogP contribution >= 0.6 is 24.0 Å². The molecule has 0 saturated heterocycles. The Labute approximate surface area is 148 Å². The van der Waals surface area contributed by atoms with E-state index in [0.717, 1.165) is 30.4 Å². The van der Waals surface area contributed by atoms with E-state index in [0.29, 0.717) is 6.54 Å². The zero-order valence-electron chi connectivity index (χ0n) is 12.8. The largest absolute Gasteiger partial charge is 0.497 e. The standard InChI is InChI=1S/C15H21N5O.HI/c1-16-15(17-8-10-20-9-4-7-19-20)18-12-13-5-3-6-14(11-13)21-2;/h3-7,9,11H,8,10,12H2,1-2H3,(H2,16,17,18);1H. The van der Waals surface area contributed by atoms with Crippen LogP contribution in [-0.2, 0) is 13.1 Å². The first kappa shape index (κ1) is 18.3. The third kappa shape index (κ3) is 5.92. The van der Waals surface area contributed by atoms with Crippen LogP contribution in [0.3, 0.4) is 0 Å². The van der Waals surface area contributed by atoms with Crippen molar-refractivity contribution in [3.63, 3.8) is 0 Å². The van der Waals surface area contributed by atoms with Gasteiger partial charge in [0.05, 0.1) is 13.7 Å². The lowest BCUT2D eigenvalue weighted by atomic mass is 10.2. The van der Waals surface area contributed by atoms with E-state index in [-0.39, 0.29) is 24.0 Å². The van der Waals surface area contributed by atoms with Gasteiger partial charge in [-0.25, -0.2) is 0 Å². The second kappa shape index (κ2) is 10.0. The van der Waals surface area contributed by atoms with Crippen molar-refractivity contribution >= 4 is 29.9 Å². The predicted molar refractivity (Wildman–Crippen MR) is 98.8 cm³/mol. The average Bonchev–Trinajstić information content (AvgIpc) is 3.04. The Balaban J connectivity index is 0.00000242. The quantitative estimate of drug-likeness (QED) is 0.430. The first-order valence-corrected chi connectivity index (χ1v) is 6.86. The molecule has 22 heavy (non-hydrogen) atoms. The van der Waals surface area contributed by atoms with Crippen LogP contribution in [0.4, 0.5) is 0 Å². The summed E-state index contributed by atoms with van der Waals surface area (Å²) in [4.78, 5) is 4.20. The Bertz CT molecular complexity index is 571. The van der Waals surface area contributed by atoms with E-state index in [1.54, 1.807) is 20.4 Å². The van der Waals surface area contributed by atoms with Crippen LogP contribution in [0.25, 0.3) is 0 Å². The van der Waals surface area contributed by atoms with Crippen molar-refractivity contribution < 1.29 is 4.74 Å². The lowest BCUT2D eigenvalue weighted by Crippen LogP contribution is -2.38. The van der Waals surface area contributed by atoms with Crippen molar-refractivity contribution in [2.45, 2.75) is 13.1 Å². The van der Waals surface area contributed by atoms with E-state index in [2.05, 4.69) is 20.7 Å². The highest BCUT2D eigenvalue weighted by Gasteiger charge is 1.99. The van der Waals surface area contributed by atoms with E-state index in [1.807, 2.05) is 41.2 Å². The molecule has 1 aromatic carbocycles. The normalized spacial score (nSPS) is 10.7. The van der Waals surface area contributed by atoms with Gasteiger partial charge in [-0.3, -0.25) is 9.67 Å². The summed E-state index contributed by atoms with van der Waals surface area (Å²) < 4.78 is 7.09. The minimum absolute atomic E-state index is 0. The van der Waals surface area contributed by atoms with Gasteiger partial charge in [0.1, 0.15) is 5.75 Å². The Morgan fingerprint density at radius 3 is 2.86 bits per heavy atom. The maximum absolute atomic E-state index is 5.21. The van der Waals surface area contributed by atoms with Gasteiger partial charge in [-0.15, -0.1) is 24.0 Å². The monoisotopic (exact) mass is 415 g/mol. The highest BCUT2D eigenvalue weighted by Crippen LogP contribution is 2.11. The molecule has 0 saturated carbocycles. The van der Waals surface area contributed by atoms with Gasteiger partial charge in [-0.1, -0.05) is 12.1 Å². The van der Waals surface area contributed by atoms with Gasteiger partial charge in [0.25, 0.3) is 0 Å². The molecule has 2 aromatic rings. The van der Waals surface area contributed by atoms with Gasteiger partial charge in [-0.05, 0) is 23.8 Å². The number of hydrogen-bond donors (Lipinski definition) is 2. The fourth-order valence-electron chi connectivity index (χ4n) is 1.91. The fraction of sp³-hybridized carbons (Fsp3) is 0.333. The van der Waals surface area contributed by atoms with Gasteiger partial charge in [0, 0.05) is 32.5 Å². The van der Waals surface area contributed by atoms with Crippen LogP contribution in [0.5, 0.6) is 5.75 Å². The SMILES string of the molecule is CN=C(NCCn1cccn1)NCc1cccc(OC)c1.I. The molecule has 0 aliphatic carbocycles. The fourth-order valence-corrected chi connectivity index (χ4v) is 1.91. The van der Waals surface area contributed by atoms with Crippen LogP contribution in [0.1, 0.15) is 5.56 Å². The minimum atomic E-state index is 0. The molecule has 0 unspecified atom stereocenters. The summed E-state index contributed by atoms with van der Waals surface area (Å²) >= 11 is 0. The second-order valence-corrected chi connectivity index (χ2v) is 4.47. The molecule has 1 heterocycles. The molecule has 120 valence electrons. The number of nitrogens with one attached hydrogen (secondary N) is 2. The van der Waals surface area contributed by atoms with E-state index in [1.165, 1.54) is 0 Å². The molecule has 0 atom stereocenters. The summed E-state index contributed by atoms with van der Waals surface area (Å²) in [5.74, 6) is 1.63. The number of aromatic nitrogens is 2. The van der Waals surface area contributed by atoms with Crippen LogP contribution in [0, 0.1) is 0 Å². The van der Waals surface area contributed by atoms with Crippen molar-refractivity contribution in [1.29, 1.82) is 0 Å². The molecule has 0 aliphatic heterocycles. The number of hydrogen-bond acceptors (Lipinski definition) is 3. The maximum Gasteiger partial charge on any atom is 0.191 e. The zero-order valence-corrected chi connectivity index (χ0v) is 15.2. The van der Waals surface area contributed by atoms with Crippen molar-refractivity contribution in [3.8, 4) is 5.75 Å². The molecule has 0 fully saturated rings. The van der Waals surface area contributed by atoms with E-state index in [9.17, 15) is 0 Å². The van der Waals surface area contributed by atoms with Crippen LogP contribution in [0.2, 0.25) is 0 Å². The smallest absolute Gasteiger partial charge is 0.191 e. The minimum Gasteiger partial charge on any atom is -0.497 e. The van der Waals surface area contributed by atoms with Gasteiger partial charge in [0.15, 0.2) is 5.96 Å². The lowest BCUT2D eigenvalue weighted by molar-refractivity contribution is 0.414. The third-order valence-corrected chi connectivity index (χ3v) is 3.01. The van der Waals surface area contributed by atoms with E-state index < -0.39 is 0 Å². The number of ether oxygens (including phenoxy) is 1.